The van der Waals surface area contributed by atoms with Gasteiger partial charge < -0.3 is 16.0 Å². The van der Waals surface area contributed by atoms with Crippen LogP contribution in [0.5, 0.6) is 0 Å². The molecule has 2 aromatic rings. The van der Waals surface area contributed by atoms with Gasteiger partial charge >= 0.3 is 6.03 Å². The van der Waals surface area contributed by atoms with E-state index in [1.807, 2.05) is 13.0 Å². The lowest BCUT2D eigenvalue weighted by molar-refractivity contribution is 0.103. The van der Waals surface area contributed by atoms with Gasteiger partial charge in [-0.25, -0.2) is 4.79 Å². The van der Waals surface area contributed by atoms with Crippen LogP contribution < -0.4 is 16.0 Å². The Morgan fingerprint density at radius 2 is 1.68 bits per heavy atom. The Labute approximate surface area is 133 Å². The molecule has 0 atom stereocenters. The van der Waals surface area contributed by atoms with Gasteiger partial charge in [-0.3, -0.25) is 4.79 Å². The zero-order valence-corrected chi connectivity index (χ0v) is 13.6. The highest BCUT2D eigenvalue weighted by molar-refractivity contribution is 7.14. The summed E-state index contributed by atoms with van der Waals surface area (Å²) in [5.74, 6) is -0.111. The maximum Gasteiger partial charge on any atom is 0.318 e. The van der Waals surface area contributed by atoms with Crippen LogP contribution in [0.25, 0.3) is 0 Å². The summed E-state index contributed by atoms with van der Waals surface area (Å²) in [5.41, 5.74) is 2.56. The Kier molecular flexibility index (Phi) is 5.16. The van der Waals surface area contributed by atoms with E-state index < -0.39 is 0 Å². The van der Waals surface area contributed by atoms with Crippen LogP contribution in [0.3, 0.4) is 0 Å². The second-order valence-electron chi connectivity index (χ2n) is 4.78. The number of amides is 3. The first-order chi connectivity index (χ1) is 10.5. The number of benzene rings is 1. The topological polar surface area (TPSA) is 70.2 Å². The molecule has 3 amide bonds. The van der Waals surface area contributed by atoms with Gasteiger partial charge in [0, 0.05) is 23.3 Å². The molecule has 3 N–H and O–H groups in total. The Morgan fingerprint density at radius 3 is 2.18 bits per heavy atom. The molecule has 1 aromatic heterocycles. The van der Waals surface area contributed by atoms with Gasteiger partial charge in [-0.15, -0.1) is 11.3 Å². The zero-order valence-electron chi connectivity index (χ0n) is 12.8. The second-order valence-corrected chi connectivity index (χ2v) is 6.04. The molecule has 1 heterocycles. The van der Waals surface area contributed by atoms with Gasteiger partial charge in [0.2, 0.25) is 0 Å². The highest BCUT2D eigenvalue weighted by Gasteiger charge is 2.11. The first kappa shape index (κ1) is 16.0. The minimum Gasteiger partial charge on any atom is -0.341 e. The summed E-state index contributed by atoms with van der Waals surface area (Å²) in [6.45, 7) is 4.11. The highest BCUT2D eigenvalue weighted by Crippen LogP contribution is 2.23. The van der Waals surface area contributed by atoms with Crippen molar-refractivity contribution in [3.8, 4) is 0 Å². The molecule has 116 valence electrons. The molecule has 0 radical (unpaired) electrons. The number of aryl methyl sites for hydroxylation is 2. The van der Waals surface area contributed by atoms with Gasteiger partial charge in [-0.2, -0.15) is 0 Å². The monoisotopic (exact) mass is 317 g/mol. The number of carbonyl (C=O) groups is 2. The van der Waals surface area contributed by atoms with Crippen molar-refractivity contribution in [1.82, 2.24) is 5.32 Å². The molecule has 6 heteroatoms. The van der Waals surface area contributed by atoms with E-state index in [-0.39, 0.29) is 11.9 Å². The van der Waals surface area contributed by atoms with Crippen LogP contribution in [0.1, 0.15) is 27.0 Å². The molecule has 0 unspecified atom stereocenters. The summed E-state index contributed by atoms with van der Waals surface area (Å²) >= 11 is 1.50. The third kappa shape index (κ3) is 3.85. The Morgan fingerprint density at radius 1 is 1.09 bits per heavy atom. The number of anilines is 2. The van der Waals surface area contributed by atoms with Crippen molar-refractivity contribution in [2.75, 3.05) is 17.7 Å². The fourth-order valence-electron chi connectivity index (χ4n) is 2.01. The number of urea groups is 1. The second kappa shape index (κ2) is 7.09. The minimum atomic E-state index is -0.280. The summed E-state index contributed by atoms with van der Waals surface area (Å²) in [6.07, 6.45) is 0.926. The van der Waals surface area contributed by atoms with Gasteiger partial charge in [-0.05, 0) is 49.2 Å². The van der Waals surface area contributed by atoms with Crippen LogP contribution in [0.15, 0.2) is 30.3 Å². The third-order valence-corrected chi connectivity index (χ3v) is 4.34. The number of nitrogens with one attached hydrogen (secondary N) is 3. The molecule has 0 saturated heterocycles. The zero-order chi connectivity index (χ0) is 16.1. The Hall–Kier alpha value is -2.34. The molecule has 0 aliphatic carbocycles. The summed E-state index contributed by atoms with van der Waals surface area (Å²) in [5, 5.41) is 8.00. The average Bonchev–Trinajstić information content (AvgIpc) is 2.90. The smallest absolute Gasteiger partial charge is 0.318 e. The molecule has 0 spiro atoms. The molecule has 1 aromatic carbocycles. The van der Waals surface area contributed by atoms with Crippen LogP contribution in [0, 0.1) is 6.92 Å². The number of hydrogen-bond acceptors (Lipinski definition) is 3. The normalized spacial score (nSPS) is 10.1. The summed E-state index contributed by atoms with van der Waals surface area (Å²) in [6, 6.07) is 8.65. The van der Waals surface area contributed by atoms with E-state index in [1.54, 1.807) is 31.3 Å². The molecular formula is C16H19N3O2S. The SMILES string of the molecule is CCc1cc(C(=O)Nc2ccc(NC(=O)NC)cc2)sc1C. The van der Waals surface area contributed by atoms with Gasteiger partial charge in [0.1, 0.15) is 0 Å². The highest BCUT2D eigenvalue weighted by atomic mass is 32.1. The minimum absolute atomic E-state index is 0.111. The summed E-state index contributed by atoms with van der Waals surface area (Å²) in [7, 11) is 1.55. The van der Waals surface area contributed by atoms with Crippen LogP contribution in [0.2, 0.25) is 0 Å². The number of carbonyl (C=O) groups excluding carboxylic acids is 2. The van der Waals surface area contributed by atoms with E-state index in [9.17, 15) is 9.59 Å². The molecule has 5 nitrogen and oxygen atoms in total. The van der Waals surface area contributed by atoms with E-state index >= 15 is 0 Å². The fraction of sp³-hybridized carbons (Fsp3) is 0.250. The fourth-order valence-corrected chi connectivity index (χ4v) is 3.02. The molecule has 0 aliphatic heterocycles. The van der Waals surface area contributed by atoms with Gasteiger partial charge in [0.05, 0.1) is 4.88 Å². The first-order valence-electron chi connectivity index (χ1n) is 7.03. The molecule has 2 rings (SSSR count). The van der Waals surface area contributed by atoms with Crippen molar-refractivity contribution in [3.63, 3.8) is 0 Å². The summed E-state index contributed by atoms with van der Waals surface area (Å²) in [4.78, 5) is 25.3. The number of thiophene rings is 1. The van der Waals surface area contributed by atoms with E-state index in [0.717, 1.165) is 6.42 Å². The van der Waals surface area contributed by atoms with Crippen LogP contribution in [-0.4, -0.2) is 19.0 Å². The van der Waals surface area contributed by atoms with Crippen molar-refractivity contribution in [2.24, 2.45) is 0 Å². The molecule has 0 fully saturated rings. The maximum atomic E-state index is 12.2. The van der Waals surface area contributed by atoms with E-state index in [2.05, 4.69) is 22.9 Å². The van der Waals surface area contributed by atoms with Gasteiger partial charge in [0.25, 0.3) is 5.91 Å². The van der Waals surface area contributed by atoms with Gasteiger partial charge in [0.15, 0.2) is 0 Å². The number of rotatable bonds is 4. The largest absolute Gasteiger partial charge is 0.341 e. The molecule has 0 bridgehead atoms. The lowest BCUT2D eigenvalue weighted by atomic mass is 10.2. The molecular weight excluding hydrogens is 298 g/mol. The first-order valence-corrected chi connectivity index (χ1v) is 7.84. The van der Waals surface area contributed by atoms with Crippen molar-refractivity contribution >= 4 is 34.6 Å². The quantitative estimate of drug-likeness (QED) is 0.806. The van der Waals surface area contributed by atoms with Crippen LogP contribution in [0.4, 0.5) is 16.2 Å². The molecule has 22 heavy (non-hydrogen) atoms. The van der Waals surface area contributed by atoms with E-state index in [0.29, 0.717) is 16.3 Å². The van der Waals surface area contributed by atoms with Crippen molar-refractivity contribution in [1.29, 1.82) is 0 Å². The lowest BCUT2D eigenvalue weighted by Crippen LogP contribution is -2.24. The van der Waals surface area contributed by atoms with Crippen LogP contribution >= 0.6 is 11.3 Å². The van der Waals surface area contributed by atoms with E-state index in [4.69, 9.17) is 0 Å². The van der Waals surface area contributed by atoms with Crippen LogP contribution in [-0.2, 0) is 6.42 Å². The number of hydrogen-bond donors (Lipinski definition) is 3. The van der Waals surface area contributed by atoms with Crippen molar-refractivity contribution < 1.29 is 9.59 Å². The Bertz CT molecular complexity index is 677. The molecule has 0 aliphatic rings. The lowest BCUT2D eigenvalue weighted by Gasteiger charge is -2.07. The van der Waals surface area contributed by atoms with Gasteiger partial charge in [-0.1, -0.05) is 6.92 Å². The standard InChI is InChI=1S/C16H19N3O2S/c1-4-11-9-14(22-10(11)2)15(20)18-12-5-7-13(8-6-12)19-16(21)17-3/h5-9H,4H2,1-3H3,(H,18,20)(H2,17,19,21). The predicted molar refractivity (Wildman–Crippen MR) is 90.9 cm³/mol. The predicted octanol–water partition coefficient (Wildman–Crippen LogP) is 3.62. The van der Waals surface area contributed by atoms with Crippen molar-refractivity contribution in [3.05, 3.63) is 45.6 Å². The van der Waals surface area contributed by atoms with Crippen molar-refractivity contribution in [2.45, 2.75) is 20.3 Å². The average molecular weight is 317 g/mol. The summed E-state index contributed by atoms with van der Waals surface area (Å²) < 4.78 is 0. The maximum absolute atomic E-state index is 12.2. The van der Waals surface area contributed by atoms with E-state index in [1.165, 1.54) is 21.8 Å². The third-order valence-electron chi connectivity index (χ3n) is 3.25. The molecule has 0 saturated carbocycles. The Balaban J connectivity index is 2.03.